The molecule has 2 aromatic rings. The number of rotatable bonds is 3. The van der Waals surface area contributed by atoms with Crippen molar-refractivity contribution < 1.29 is 5.11 Å². The smallest absolute Gasteiger partial charge is 0.124 e. The van der Waals surface area contributed by atoms with E-state index in [1.807, 2.05) is 0 Å². The highest BCUT2D eigenvalue weighted by atomic mass is 32.1. The van der Waals surface area contributed by atoms with E-state index in [0.29, 0.717) is 0 Å². The Morgan fingerprint density at radius 2 is 2.41 bits per heavy atom. The summed E-state index contributed by atoms with van der Waals surface area (Å²) < 4.78 is 0. The number of β-amino-alcohol motifs (C(OH)–C–C–N with tert-alkyl or cyclic N) is 1. The Labute approximate surface area is 108 Å². The standard InChI is InChI=1S/C12H14N2OS2/c15-11-1-3-14(6-11)5-10-8-17-12(13-10)9-2-4-16-7-9/h2,4,7-8,11,15H,1,3,5-6H2/t11-/m1/s1. The normalized spacial score (nSPS) is 21.1. The van der Waals surface area contributed by atoms with Crippen molar-refractivity contribution in [2.45, 2.75) is 19.1 Å². The van der Waals surface area contributed by atoms with E-state index in [0.717, 1.165) is 36.8 Å². The molecule has 0 spiro atoms. The summed E-state index contributed by atoms with van der Waals surface area (Å²) in [5.74, 6) is 0. The predicted molar refractivity (Wildman–Crippen MR) is 71.3 cm³/mol. The quantitative estimate of drug-likeness (QED) is 0.927. The minimum atomic E-state index is -0.148. The van der Waals surface area contributed by atoms with Gasteiger partial charge in [-0.15, -0.1) is 11.3 Å². The molecular weight excluding hydrogens is 252 g/mol. The van der Waals surface area contributed by atoms with E-state index >= 15 is 0 Å². The first-order valence-corrected chi connectivity index (χ1v) is 7.51. The molecular formula is C12H14N2OS2. The van der Waals surface area contributed by atoms with Gasteiger partial charge in [-0.2, -0.15) is 11.3 Å². The van der Waals surface area contributed by atoms with Gasteiger partial charge in [-0.1, -0.05) is 0 Å². The molecule has 3 rings (SSSR count). The van der Waals surface area contributed by atoms with Crippen LogP contribution in [0.3, 0.4) is 0 Å². The van der Waals surface area contributed by atoms with Crippen LogP contribution in [0.4, 0.5) is 0 Å². The zero-order chi connectivity index (χ0) is 11.7. The molecule has 3 nitrogen and oxygen atoms in total. The molecule has 90 valence electrons. The zero-order valence-corrected chi connectivity index (χ0v) is 11.0. The summed E-state index contributed by atoms with van der Waals surface area (Å²) in [6.45, 7) is 2.62. The van der Waals surface area contributed by atoms with E-state index in [1.54, 1.807) is 22.7 Å². The van der Waals surface area contributed by atoms with Gasteiger partial charge in [0.25, 0.3) is 0 Å². The molecule has 1 atom stereocenters. The maximum absolute atomic E-state index is 9.47. The molecule has 0 saturated carbocycles. The first-order valence-electron chi connectivity index (χ1n) is 5.68. The van der Waals surface area contributed by atoms with Crippen molar-refractivity contribution in [3.8, 4) is 10.6 Å². The van der Waals surface area contributed by atoms with Crippen LogP contribution < -0.4 is 0 Å². The highest BCUT2D eigenvalue weighted by molar-refractivity contribution is 7.14. The number of aliphatic hydroxyl groups excluding tert-OH is 1. The van der Waals surface area contributed by atoms with Crippen molar-refractivity contribution in [2.24, 2.45) is 0 Å². The van der Waals surface area contributed by atoms with Crippen molar-refractivity contribution in [1.29, 1.82) is 0 Å². The molecule has 5 heteroatoms. The Morgan fingerprint density at radius 3 is 3.12 bits per heavy atom. The lowest BCUT2D eigenvalue weighted by Gasteiger charge is -2.12. The van der Waals surface area contributed by atoms with Crippen LogP contribution in [-0.4, -0.2) is 34.2 Å². The minimum absolute atomic E-state index is 0.148. The van der Waals surface area contributed by atoms with Crippen molar-refractivity contribution in [3.05, 3.63) is 27.9 Å². The zero-order valence-electron chi connectivity index (χ0n) is 9.37. The van der Waals surface area contributed by atoms with Crippen LogP contribution in [0.15, 0.2) is 22.2 Å². The summed E-state index contributed by atoms with van der Waals surface area (Å²) in [6, 6.07) is 2.10. The average molecular weight is 266 g/mol. The van der Waals surface area contributed by atoms with Crippen LogP contribution in [0.25, 0.3) is 10.6 Å². The lowest BCUT2D eigenvalue weighted by atomic mass is 10.3. The number of hydrogen-bond donors (Lipinski definition) is 1. The molecule has 1 aliphatic rings. The molecule has 17 heavy (non-hydrogen) atoms. The van der Waals surface area contributed by atoms with Gasteiger partial charge in [-0.3, -0.25) is 4.90 Å². The maximum atomic E-state index is 9.47. The molecule has 1 aliphatic heterocycles. The third-order valence-corrected chi connectivity index (χ3v) is 4.58. The lowest BCUT2D eigenvalue weighted by molar-refractivity contribution is 0.174. The molecule has 0 radical (unpaired) electrons. The summed E-state index contributed by atoms with van der Waals surface area (Å²) in [4.78, 5) is 6.90. The number of thiazole rings is 1. The molecule has 1 N–H and O–H groups in total. The summed E-state index contributed by atoms with van der Waals surface area (Å²) in [5.41, 5.74) is 2.33. The first-order chi connectivity index (χ1) is 8.31. The second-order valence-corrected chi connectivity index (χ2v) is 5.97. The fourth-order valence-corrected chi connectivity index (χ4v) is 3.61. The Bertz CT molecular complexity index is 480. The second-order valence-electron chi connectivity index (χ2n) is 4.33. The van der Waals surface area contributed by atoms with Gasteiger partial charge in [-0.25, -0.2) is 4.98 Å². The van der Waals surface area contributed by atoms with E-state index < -0.39 is 0 Å². The molecule has 1 fully saturated rings. The Kier molecular flexibility index (Phi) is 3.24. The SMILES string of the molecule is O[C@@H]1CCN(Cc2csc(-c3ccsc3)n2)C1. The van der Waals surface area contributed by atoms with Crippen LogP contribution >= 0.6 is 22.7 Å². The van der Waals surface area contributed by atoms with E-state index in [1.165, 1.54) is 5.56 Å². The molecule has 0 unspecified atom stereocenters. The fourth-order valence-electron chi connectivity index (χ4n) is 2.08. The summed E-state index contributed by atoms with van der Waals surface area (Å²) in [6.07, 6.45) is 0.742. The first kappa shape index (κ1) is 11.3. The number of aliphatic hydroxyl groups is 1. The van der Waals surface area contributed by atoms with Crippen molar-refractivity contribution >= 4 is 22.7 Å². The Balaban J connectivity index is 1.69. The molecule has 0 amide bonds. The molecule has 0 bridgehead atoms. The predicted octanol–water partition coefficient (Wildman–Crippen LogP) is 2.44. The van der Waals surface area contributed by atoms with Crippen molar-refractivity contribution in [3.63, 3.8) is 0 Å². The van der Waals surface area contributed by atoms with Gasteiger partial charge in [0, 0.05) is 36.0 Å². The summed E-state index contributed by atoms with van der Waals surface area (Å²) in [5, 5.41) is 16.9. The van der Waals surface area contributed by atoms with E-state index in [-0.39, 0.29) is 6.10 Å². The van der Waals surface area contributed by atoms with Crippen molar-refractivity contribution in [2.75, 3.05) is 13.1 Å². The highest BCUT2D eigenvalue weighted by Crippen LogP contribution is 2.26. The third kappa shape index (κ3) is 2.57. The summed E-state index contributed by atoms with van der Waals surface area (Å²) in [7, 11) is 0. The van der Waals surface area contributed by atoms with E-state index in [9.17, 15) is 5.11 Å². The minimum Gasteiger partial charge on any atom is -0.392 e. The Hall–Kier alpha value is -0.750. The van der Waals surface area contributed by atoms with Crippen LogP contribution in [0.5, 0.6) is 0 Å². The van der Waals surface area contributed by atoms with Gasteiger partial charge in [0.05, 0.1) is 11.8 Å². The monoisotopic (exact) mass is 266 g/mol. The molecule has 0 aromatic carbocycles. The maximum Gasteiger partial charge on any atom is 0.124 e. The van der Waals surface area contributed by atoms with Gasteiger partial charge in [0.1, 0.15) is 5.01 Å². The third-order valence-electron chi connectivity index (χ3n) is 2.95. The van der Waals surface area contributed by atoms with Crippen LogP contribution in [0, 0.1) is 0 Å². The van der Waals surface area contributed by atoms with Crippen molar-refractivity contribution in [1.82, 2.24) is 9.88 Å². The van der Waals surface area contributed by atoms with Gasteiger partial charge >= 0.3 is 0 Å². The van der Waals surface area contributed by atoms with E-state index in [4.69, 9.17) is 0 Å². The van der Waals surface area contributed by atoms with Crippen LogP contribution in [-0.2, 0) is 6.54 Å². The number of hydrogen-bond acceptors (Lipinski definition) is 5. The van der Waals surface area contributed by atoms with Gasteiger partial charge in [-0.05, 0) is 17.9 Å². The lowest BCUT2D eigenvalue weighted by Crippen LogP contribution is -2.21. The Morgan fingerprint density at radius 1 is 1.47 bits per heavy atom. The second kappa shape index (κ2) is 4.86. The van der Waals surface area contributed by atoms with Crippen LogP contribution in [0.2, 0.25) is 0 Å². The highest BCUT2D eigenvalue weighted by Gasteiger charge is 2.20. The fraction of sp³-hybridized carbons (Fsp3) is 0.417. The number of aromatic nitrogens is 1. The molecule has 2 aromatic heterocycles. The number of thiophene rings is 1. The number of nitrogens with zero attached hydrogens (tertiary/aromatic N) is 2. The molecule has 0 aliphatic carbocycles. The van der Waals surface area contributed by atoms with Gasteiger partial charge in [0.15, 0.2) is 0 Å². The average Bonchev–Trinajstić information content (AvgIpc) is 3.00. The number of likely N-dealkylation sites (tertiary alicyclic amines) is 1. The largest absolute Gasteiger partial charge is 0.392 e. The van der Waals surface area contributed by atoms with Crippen LogP contribution in [0.1, 0.15) is 12.1 Å². The molecule has 3 heterocycles. The molecule has 1 saturated heterocycles. The van der Waals surface area contributed by atoms with E-state index in [2.05, 4.69) is 32.1 Å². The summed E-state index contributed by atoms with van der Waals surface area (Å²) >= 11 is 3.40. The van der Waals surface area contributed by atoms with Gasteiger partial charge < -0.3 is 5.11 Å². The topological polar surface area (TPSA) is 36.4 Å². The van der Waals surface area contributed by atoms with Gasteiger partial charge in [0.2, 0.25) is 0 Å².